The van der Waals surface area contributed by atoms with Gasteiger partial charge in [-0.15, -0.1) is 0 Å². The molecule has 0 spiro atoms. The second-order valence-corrected chi connectivity index (χ2v) is 8.71. The van der Waals surface area contributed by atoms with Gasteiger partial charge in [-0.05, 0) is 30.7 Å². The maximum Gasteiger partial charge on any atom is 0.282 e. The summed E-state index contributed by atoms with van der Waals surface area (Å²) in [5, 5.41) is 4.18. The minimum Gasteiger partial charge on any atom is -0.323 e. The molecule has 1 aliphatic rings. The quantitative estimate of drug-likeness (QED) is 0.766. The van der Waals surface area contributed by atoms with Crippen LogP contribution in [0.15, 0.2) is 66.1 Å². The predicted molar refractivity (Wildman–Crippen MR) is 111 cm³/mol. The SMILES string of the molecule is C[C@@H](C(=O)Nc1ccccc1)[NH+]1CCN(S(=O)(=O)/C=C/c2ccccc2)CC1. The molecular weight excluding hydrogens is 374 g/mol. The van der Waals surface area contributed by atoms with Gasteiger partial charge < -0.3 is 10.2 Å². The zero-order valence-corrected chi connectivity index (χ0v) is 16.7. The minimum absolute atomic E-state index is 0.0542. The van der Waals surface area contributed by atoms with Gasteiger partial charge in [0.25, 0.3) is 5.91 Å². The predicted octanol–water partition coefficient (Wildman–Crippen LogP) is 1.21. The zero-order valence-electron chi connectivity index (χ0n) is 15.9. The summed E-state index contributed by atoms with van der Waals surface area (Å²) >= 11 is 0. The van der Waals surface area contributed by atoms with Gasteiger partial charge in [-0.25, -0.2) is 8.42 Å². The van der Waals surface area contributed by atoms with E-state index < -0.39 is 10.0 Å². The van der Waals surface area contributed by atoms with Crippen LogP contribution in [0.5, 0.6) is 0 Å². The number of nitrogens with one attached hydrogen (secondary N) is 2. The van der Waals surface area contributed by atoms with Gasteiger partial charge in [-0.2, -0.15) is 4.31 Å². The lowest BCUT2D eigenvalue weighted by molar-refractivity contribution is -0.917. The number of hydrogen-bond acceptors (Lipinski definition) is 3. The Bertz CT molecular complexity index is 906. The third-order valence-corrected chi connectivity index (χ3v) is 6.57. The van der Waals surface area contributed by atoms with Gasteiger partial charge >= 0.3 is 0 Å². The summed E-state index contributed by atoms with van der Waals surface area (Å²) in [5.41, 5.74) is 1.62. The first kappa shape index (κ1) is 20.3. The summed E-state index contributed by atoms with van der Waals surface area (Å²) in [4.78, 5) is 13.6. The maximum atomic E-state index is 12.6. The number of hydrogen-bond donors (Lipinski definition) is 2. The van der Waals surface area contributed by atoms with E-state index in [2.05, 4.69) is 5.32 Å². The van der Waals surface area contributed by atoms with E-state index in [1.807, 2.05) is 67.6 Å². The van der Waals surface area contributed by atoms with Crippen molar-refractivity contribution < 1.29 is 18.1 Å². The van der Waals surface area contributed by atoms with Crippen molar-refractivity contribution in [2.45, 2.75) is 13.0 Å². The Hall–Kier alpha value is -2.48. The first-order valence-corrected chi connectivity index (χ1v) is 10.9. The van der Waals surface area contributed by atoms with Crippen molar-refractivity contribution in [3.8, 4) is 0 Å². The van der Waals surface area contributed by atoms with E-state index in [0.717, 1.165) is 16.2 Å². The van der Waals surface area contributed by atoms with E-state index in [0.29, 0.717) is 26.2 Å². The van der Waals surface area contributed by atoms with E-state index in [4.69, 9.17) is 0 Å². The second kappa shape index (κ2) is 9.14. The number of amides is 1. The lowest BCUT2D eigenvalue weighted by Gasteiger charge is -2.33. The maximum absolute atomic E-state index is 12.6. The smallest absolute Gasteiger partial charge is 0.282 e. The molecule has 6 nitrogen and oxygen atoms in total. The van der Waals surface area contributed by atoms with Crippen molar-refractivity contribution in [3.05, 3.63) is 71.6 Å². The average molecular weight is 401 g/mol. The third kappa shape index (κ3) is 5.28. The fourth-order valence-corrected chi connectivity index (χ4v) is 4.43. The van der Waals surface area contributed by atoms with E-state index in [-0.39, 0.29) is 11.9 Å². The molecule has 1 fully saturated rings. The summed E-state index contributed by atoms with van der Waals surface area (Å²) in [6, 6.07) is 18.5. The van der Waals surface area contributed by atoms with Crippen LogP contribution in [0.1, 0.15) is 12.5 Å². The monoisotopic (exact) mass is 400 g/mol. The van der Waals surface area contributed by atoms with Crippen molar-refractivity contribution in [2.75, 3.05) is 31.5 Å². The number of quaternary nitrogens is 1. The minimum atomic E-state index is -3.46. The molecular formula is C21H26N3O3S+. The number of piperazine rings is 1. The fraction of sp³-hybridized carbons (Fsp3) is 0.286. The van der Waals surface area contributed by atoms with Gasteiger partial charge in [-0.1, -0.05) is 48.5 Å². The standard InChI is InChI=1S/C21H25N3O3S/c1-18(21(25)22-20-10-6-3-7-11-20)23-13-15-24(16-14-23)28(26,27)17-12-19-8-4-2-5-9-19/h2-12,17-18H,13-16H2,1H3,(H,22,25)/p+1/b17-12+/t18-/m0/s1. The summed E-state index contributed by atoms with van der Waals surface area (Å²) in [6.45, 7) is 3.89. The molecule has 2 aromatic rings. The van der Waals surface area contributed by atoms with E-state index in [1.54, 1.807) is 6.08 Å². The van der Waals surface area contributed by atoms with Gasteiger partial charge in [0.15, 0.2) is 6.04 Å². The number of para-hydroxylation sites is 1. The molecule has 28 heavy (non-hydrogen) atoms. The lowest BCUT2D eigenvalue weighted by Crippen LogP contribution is -3.19. The van der Waals surface area contributed by atoms with Gasteiger partial charge in [0.1, 0.15) is 0 Å². The van der Waals surface area contributed by atoms with Crippen LogP contribution in [0, 0.1) is 0 Å². The highest BCUT2D eigenvalue weighted by Gasteiger charge is 2.32. The molecule has 0 bridgehead atoms. The Balaban J connectivity index is 1.54. The number of carbonyl (C=O) groups is 1. The number of anilines is 1. The van der Waals surface area contributed by atoms with Crippen LogP contribution in [0.4, 0.5) is 5.69 Å². The molecule has 1 atom stereocenters. The molecule has 0 saturated carbocycles. The number of benzene rings is 2. The van der Waals surface area contributed by atoms with Crippen LogP contribution >= 0.6 is 0 Å². The van der Waals surface area contributed by atoms with Crippen LogP contribution < -0.4 is 10.2 Å². The van der Waals surface area contributed by atoms with E-state index in [1.165, 1.54) is 9.71 Å². The molecule has 3 rings (SSSR count). The largest absolute Gasteiger partial charge is 0.323 e. The summed E-state index contributed by atoms with van der Waals surface area (Å²) < 4.78 is 26.6. The third-order valence-electron chi connectivity index (χ3n) is 5.00. The molecule has 0 aromatic heterocycles. The van der Waals surface area contributed by atoms with E-state index in [9.17, 15) is 13.2 Å². The van der Waals surface area contributed by atoms with Gasteiger partial charge in [0.2, 0.25) is 10.0 Å². The Kier molecular flexibility index (Phi) is 6.61. The first-order valence-electron chi connectivity index (χ1n) is 9.39. The van der Waals surface area contributed by atoms with Crippen molar-refractivity contribution in [3.63, 3.8) is 0 Å². The fourth-order valence-electron chi connectivity index (χ4n) is 3.23. The van der Waals surface area contributed by atoms with Crippen LogP contribution in [0.2, 0.25) is 0 Å². The molecule has 1 aliphatic heterocycles. The number of sulfonamides is 1. The van der Waals surface area contributed by atoms with Crippen LogP contribution in [-0.4, -0.2) is 50.9 Å². The van der Waals surface area contributed by atoms with Gasteiger partial charge in [-0.3, -0.25) is 4.79 Å². The molecule has 0 unspecified atom stereocenters. The second-order valence-electron chi connectivity index (χ2n) is 6.89. The molecule has 7 heteroatoms. The number of rotatable bonds is 6. The average Bonchev–Trinajstić information content (AvgIpc) is 2.73. The van der Waals surface area contributed by atoms with Crippen molar-refractivity contribution in [1.29, 1.82) is 0 Å². The molecule has 1 heterocycles. The van der Waals surface area contributed by atoms with Gasteiger partial charge in [0.05, 0.1) is 26.2 Å². The normalized spacial score (nSPS) is 17.5. The Morgan fingerprint density at radius 3 is 2.21 bits per heavy atom. The number of nitrogens with zero attached hydrogens (tertiary/aromatic N) is 1. The highest BCUT2D eigenvalue weighted by Crippen LogP contribution is 2.09. The zero-order chi connectivity index (χ0) is 20.0. The van der Waals surface area contributed by atoms with Crippen molar-refractivity contribution in [2.24, 2.45) is 0 Å². The first-order chi connectivity index (χ1) is 13.5. The highest BCUT2D eigenvalue weighted by molar-refractivity contribution is 7.92. The molecule has 0 aliphatic carbocycles. The Labute approximate surface area is 166 Å². The van der Waals surface area contributed by atoms with Crippen molar-refractivity contribution in [1.82, 2.24) is 4.31 Å². The lowest BCUT2D eigenvalue weighted by atomic mass is 10.2. The van der Waals surface area contributed by atoms with Gasteiger partial charge in [0, 0.05) is 11.1 Å². The Morgan fingerprint density at radius 2 is 1.61 bits per heavy atom. The summed E-state index contributed by atoms with van der Waals surface area (Å²) in [6.07, 6.45) is 1.62. The molecule has 2 aromatic carbocycles. The van der Waals surface area contributed by atoms with Crippen molar-refractivity contribution >= 4 is 27.7 Å². The molecule has 0 radical (unpaired) electrons. The molecule has 2 N–H and O–H groups in total. The summed E-state index contributed by atoms with van der Waals surface area (Å²) in [7, 11) is -3.46. The van der Waals surface area contributed by atoms with Crippen LogP contribution in [-0.2, 0) is 14.8 Å². The Morgan fingerprint density at radius 1 is 1.04 bits per heavy atom. The number of carbonyl (C=O) groups excluding carboxylic acids is 1. The highest BCUT2D eigenvalue weighted by atomic mass is 32.2. The molecule has 1 amide bonds. The molecule has 1 saturated heterocycles. The van der Waals surface area contributed by atoms with E-state index >= 15 is 0 Å². The van der Waals surface area contributed by atoms with Crippen LogP contribution in [0.3, 0.4) is 0 Å². The summed E-state index contributed by atoms with van der Waals surface area (Å²) in [5.74, 6) is -0.0542. The van der Waals surface area contributed by atoms with Crippen LogP contribution in [0.25, 0.3) is 6.08 Å². The topological polar surface area (TPSA) is 70.9 Å². The molecule has 148 valence electrons.